The molecule has 10 nitrogen and oxygen atoms in total. The van der Waals surface area contributed by atoms with Crippen LogP contribution in [0.15, 0.2) is 97.1 Å². The molecule has 0 aliphatic rings. The lowest BCUT2D eigenvalue weighted by atomic mass is 9.81. The number of carboxylic acids is 2. The summed E-state index contributed by atoms with van der Waals surface area (Å²) in [5.74, 6) is -5.93. The fourth-order valence-corrected chi connectivity index (χ4v) is 4.69. The summed E-state index contributed by atoms with van der Waals surface area (Å²) in [4.78, 5) is 62.6. The van der Waals surface area contributed by atoms with E-state index in [0.717, 1.165) is 12.1 Å². The zero-order chi connectivity index (χ0) is 35.1. The van der Waals surface area contributed by atoms with E-state index in [-0.39, 0.29) is 34.5 Å². The summed E-state index contributed by atoms with van der Waals surface area (Å²) in [7, 11) is 0. The summed E-state index contributed by atoms with van der Waals surface area (Å²) in [6.07, 6.45) is -5.05. The van der Waals surface area contributed by atoms with E-state index in [2.05, 4.69) is 5.32 Å². The normalized spacial score (nSPS) is 11.3. The highest BCUT2D eigenvalue weighted by molar-refractivity contribution is 6.09. The van der Waals surface area contributed by atoms with Crippen LogP contribution in [0.4, 0.5) is 18.9 Å². The number of ether oxygens (including phenoxy) is 2. The van der Waals surface area contributed by atoms with E-state index in [1.54, 1.807) is 24.3 Å². The van der Waals surface area contributed by atoms with Crippen LogP contribution < -0.4 is 10.1 Å². The predicted molar refractivity (Wildman–Crippen MR) is 165 cm³/mol. The molecule has 4 aromatic rings. The first-order chi connectivity index (χ1) is 22.8. The molecule has 0 aliphatic heterocycles. The van der Waals surface area contributed by atoms with Gasteiger partial charge in [-0.05, 0) is 52.6 Å². The Bertz CT molecular complexity index is 1820. The van der Waals surface area contributed by atoms with Crippen molar-refractivity contribution in [1.29, 1.82) is 0 Å². The second kappa shape index (κ2) is 14.6. The molecule has 1 amide bonds. The van der Waals surface area contributed by atoms with Crippen molar-refractivity contribution in [3.05, 3.63) is 119 Å². The van der Waals surface area contributed by atoms with Crippen LogP contribution in [-0.4, -0.2) is 46.6 Å². The van der Waals surface area contributed by atoms with Gasteiger partial charge in [0, 0.05) is 12.0 Å². The maximum atomic E-state index is 13.4. The highest BCUT2D eigenvalue weighted by Gasteiger charge is 2.50. The molecule has 0 heterocycles. The summed E-state index contributed by atoms with van der Waals surface area (Å²) >= 11 is 0. The number of alkyl halides is 3. The summed E-state index contributed by atoms with van der Waals surface area (Å²) in [5, 5.41) is 22.2. The highest BCUT2D eigenvalue weighted by atomic mass is 19.4. The summed E-state index contributed by atoms with van der Waals surface area (Å²) in [6, 6.07) is 21.6. The summed E-state index contributed by atoms with van der Waals surface area (Å²) in [6.45, 7) is 0.524. The zero-order valence-electron chi connectivity index (χ0n) is 25.2. The van der Waals surface area contributed by atoms with Crippen LogP contribution in [0.3, 0.4) is 0 Å². The van der Waals surface area contributed by atoms with Gasteiger partial charge >= 0.3 is 30.1 Å². The van der Waals surface area contributed by atoms with Crippen molar-refractivity contribution in [2.45, 2.75) is 31.4 Å². The van der Waals surface area contributed by atoms with Gasteiger partial charge in [0.25, 0.3) is 5.91 Å². The Morgan fingerprint density at radius 3 is 1.98 bits per heavy atom. The van der Waals surface area contributed by atoms with Gasteiger partial charge in [0.15, 0.2) is 5.75 Å². The van der Waals surface area contributed by atoms with Gasteiger partial charge in [0.1, 0.15) is 6.61 Å². The van der Waals surface area contributed by atoms with Gasteiger partial charge in [-0.2, -0.15) is 13.2 Å². The van der Waals surface area contributed by atoms with Crippen molar-refractivity contribution in [3.63, 3.8) is 0 Å². The first kappa shape index (κ1) is 34.9. The SMILES string of the molecule is CCC(=O)Oc1cc(CC(=O)OCC(C(=O)O)(C(=O)O)c2ccccc2)ccc1NC(=O)c1ccccc1-c1ccc(C(F)(F)F)cc1. The Hall–Kier alpha value is -5.98. The van der Waals surface area contributed by atoms with Crippen LogP contribution in [0.2, 0.25) is 0 Å². The van der Waals surface area contributed by atoms with Gasteiger partial charge in [-0.3, -0.25) is 24.0 Å². The van der Waals surface area contributed by atoms with Gasteiger partial charge in [-0.15, -0.1) is 0 Å². The number of hydrogen-bond acceptors (Lipinski definition) is 7. The molecular weight excluding hydrogens is 635 g/mol. The second-order valence-corrected chi connectivity index (χ2v) is 10.5. The molecule has 0 aliphatic carbocycles. The molecule has 248 valence electrons. The number of anilines is 1. The molecule has 4 aromatic carbocycles. The first-order valence-corrected chi connectivity index (χ1v) is 14.4. The lowest BCUT2D eigenvalue weighted by Crippen LogP contribution is -2.48. The second-order valence-electron chi connectivity index (χ2n) is 10.5. The molecule has 0 spiro atoms. The number of carboxylic acid groups (broad SMARTS) is 2. The summed E-state index contributed by atoms with van der Waals surface area (Å²) < 4.78 is 49.7. The maximum Gasteiger partial charge on any atom is 0.416 e. The average molecular weight is 664 g/mol. The molecule has 13 heteroatoms. The summed E-state index contributed by atoms with van der Waals surface area (Å²) in [5.41, 5.74) is -2.48. The fourth-order valence-electron chi connectivity index (χ4n) is 4.69. The first-order valence-electron chi connectivity index (χ1n) is 14.4. The number of carbonyl (C=O) groups is 5. The Labute approximate surface area is 271 Å². The number of benzene rings is 4. The van der Waals surface area contributed by atoms with Crippen molar-refractivity contribution < 1.29 is 56.8 Å². The third kappa shape index (κ3) is 7.86. The van der Waals surface area contributed by atoms with Crippen molar-refractivity contribution in [1.82, 2.24) is 0 Å². The van der Waals surface area contributed by atoms with E-state index >= 15 is 0 Å². The van der Waals surface area contributed by atoms with E-state index in [1.807, 2.05) is 0 Å². The molecule has 0 radical (unpaired) electrons. The Morgan fingerprint density at radius 2 is 1.38 bits per heavy atom. The minimum atomic E-state index is -4.53. The van der Waals surface area contributed by atoms with Crippen LogP contribution in [-0.2, 0) is 41.9 Å². The number of hydrogen-bond donors (Lipinski definition) is 3. The Kier molecular flexibility index (Phi) is 10.6. The molecule has 0 fully saturated rings. The lowest BCUT2D eigenvalue weighted by Gasteiger charge is -2.25. The predicted octanol–water partition coefficient (Wildman–Crippen LogP) is 6.13. The van der Waals surface area contributed by atoms with Gasteiger partial charge in [-0.25, -0.2) is 0 Å². The van der Waals surface area contributed by atoms with Crippen molar-refractivity contribution in [3.8, 4) is 16.9 Å². The number of halogens is 3. The molecule has 0 atom stereocenters. The van der Waals surface area contributed by atoms with Gasteiger partial charge in [0.2, 0.25) is 5.41 Å². The molecule has 0 aromatic heterocycles. The minimum absolute atomic E-state index is 0.0287. The van der Waals surface area contributed by atoms with Crippen LogP contribution in [0.1, 0.15) is 40.4 Å². The third-order valence-corrected chi connectivity index (χ3v) is 7.30. The topological polar surface area (TPSA) is 156 Å². The molecule has 0 saturated heterocycles. The zero-order valence-corrected chi connectivity index (χ0v) is 25.2. The molecule has 0 saturated carbocycles. The molecule has 0 unspecified atom stereocenters. The molecule has 3 N–H and O–H groups in total. The number of esters is 2. The number of carbonyl (C=O) groups excluding carboxylic acids is 3. The van der Waals surface area contributed by atoms with Crippen LogP contribution >= 0.6 is 0 Å². The Balaban J connectivity index is 1.56. The van der Waals surface area contributed by atoms with Crippen LogP contribution in [0.25, 0.3) is 11.1 Å². The number of aliphatic carboxylic acids is 2. The number of rotatable bonds is 12. The van der Waals surface area contributed by atoms with Crippen LogP contribution in [0, 0.1) is 0 Å². The maximum absolute atomic E-state index is 13.4. The number of amides is 1. The van der Waals surface area contributed by atoms with Crippen molar-refractivity contribution in [2.24, 2.45) is 0 Å². The molecule has 4 rings (SSSR count). The van der Waals surface area contributed by atoms with Crippen LogP contribution in [0.5, 0.6) is 5.75 Å². The average Bonchev–Trinajstić information content (AvgIpc) is 3.06. The minimum Gasteiger partial charge on any atom is -0.480 e. The van der Waals surface area contributed by atoms with E-state index in [9.17, 15) is 47.4 Å². The standard InChI is InChI=1S/C35H28F3NO9/c1-2-29(40)48-28-18-21(19-30(41)47-20-34(32(43)44,33(45)46)23-8-4-3-5-9-23)12-17-27(28)39-31(42)26-11-7-6-10-25(26)22-13-15-24(16-14-22)35(36,37)38/h3-18H,2,19-20H2,1H3,(H,39,42)(H,43,44)(H,45,46). The highest BCUT2D eigenvalue weighted by Crippen LogP contribution is 2.33. The largest absolute Gasteiger partial charge is 0.480 e. The molecular formula is C35H28F3NO9. The molecule has 48 heavy (non-hydrogen) atoms. The molecule has 0 bridgehead atoms. The van der Waals surface area contributed by atoms with Crippen molar-refractivity contribution >= 4 is 35.5 Å². The van der Waals surface area contributed by atoms with E-state index in [4.69, 9.17) is 9.47 Å². The van der Waals surface area contributed by atoms with Crippen molar-refractivity contribution in [2.75, 3.05) is 11.9 Å². The van der Waals surface area contributed by atoms with E-state index in [0.29, 0.717) is 11.1 Å². The third-order valence-electron chi connectivity index (χ3n) is 7.30. The van der Waals surface area contributed by atoms with Gasteiger partial charge in [0.05, 0.1) is 17.7 Å². The lowest BCUT2D eigenvalue weighted by molar-refractivity contribution is -0.164. The fraction of sp³-hybridized carbons (Fsp3) is 0.171. The monoisotopic (exact) mass is 663 g/mol. The smallest absolute Gasteiger partial charge is 0.416 e. The quantitative estimate of drug-likeness (QED) is 0.0922. The van der Waals surface area contributed by atoms with Gasteiger partial charge < -0.3 is 25.0 Å². The van der Waals surface area contributed by atoms with E-state index in [1.165, 1.54) is 67.6 Å². The Morgan fingerprint density at radius 1 is 0.750 bits per heavy atom. The van der Waals surface area contributed by atoms with Gasteiger partial charge in [-0.1, -0.05) is 73.7 Å². The number of nitrogens with one attached hydrogen (secondary N) is 1. The van der Waals surface area contributed by atoms with E-state index < -0.39 is 60.0 Å².